The summed E-state index contributed by atoms with van der Waals surface area (Å²) in [5, 5.41) is 0.773. The van der Waals surface area contributed by atoms with Crippen molar-refractivity contribution in [3.63, 3.8) is 0 Å². The normalized spacial score (nSPS) is 11.1. The summed E-state index contributed by atoms with van der Waals surface area (Å²) in [5.41, 5.74) is 19.7. The lowest BCUT2D eigenvalue weighted by Gasteiger charge is -2.25. The molecule has 26 heavy (non-hydrogen) atoms. The van der Waals surface area contributed by atoms with Gasteiger partial charge in [0.15, 0.2) is 0 Å². The second kappa shape index (κ2) is 7.84. The zero-order chi connectivity index (χ0) is 18.7. The van der Waals surface area contributed by atoms with Crippen molar-refractivity contribution in [2.75, 3.05) is 11.5 Å². The highest BCUT2D eigenvalue weighted by Gasteiger charge is 2.23. The third kappa shape index (κ3) is 3.56. The van der Waals surface area contributed by atoms with Gasteiger partial charge in [-0.25, -0.2) is 0 Å². The number of nitrogens with two attached hydrogens (primary N) is 2. The Labute approximate surface area is 160 Å². The van der Waals surface area contributed by atoms with E-state index in [1.807, 2.05) is 30.3 Å². The molecule has 0 unspecified atom stereocenters. The van der Waals surface area contributed by atoms with Crippen molar-refractivity contribution in [3.05, 3.63) is 93.5 Å². The number of benzene rings is 3. The molecule has 2 nitrogen and oxygen atoms in total. The van der Waals surface area contributed by atoms with Gasteiger partial charge in [0.2, 0.25) is 0 Å². The monoisotopic (exact) mass is 364 g/mol. The molecule has 0 saturated heterocycles. The Morgan fingerprint density at radius 2 is 1.23 bits per heavy atom. The summed E-state index contributed by atoms with van der Waals surface area (Å²) >= 11 is 6.62. The number of anilines is 2. The van der Waals surface area contributed by atoms with E-state index in [1.165, 1.54) is 22.3 Å². The van der Waals surface area contributed by atoms with Gasteiger partial charge in [0.1, 0.15) is 0 Å². The molecule has 3 heteroatoms. The molecule has 4 N–H and O–H groups in total. The van der Waals surface area contributed by atoms with Crippen LogP contribution in [0.25, 0.3) is 0 Å². The first-order valence-electron chi connectivity index (χ1n) is 9.06. The number of hydrogen-bond donors (Lipinski definition) is 2. The molecule has 3 rings (SSSR count). The van der Waals surface area contributed by atoms with E-state index in [4.69, 9.17) is 23.1 Å². The van der Waals surface area contributed by atoms with Crippen molar-refractivity contribution >= 4 is 23.0 Å². The van der Waals surface area contributed by atoms with E-state index in [2.05, 4.69) is 44.2 Å². The van der Waals surface area contributed by atoms with Crippen molar-refractivity contribution in [1.29, 1.82) is 0 Å². The van der Waals surface area contributed by atoms with Crippen LogP contribution < -0.4 is 11.5 Å². The summed E-state index contributed by atoms with van der Waals surface area (Å²) in [6.07, 6.45) is 1.83. The average molecular weight is 365 g/mol. The van der Waals surface area contributed by atoms with Gasteiger partial charge in [-0.05, 0) is 71.0 Å². The molecule has 3 aromatic carbocycles. The van der Waals surface area contributed by atoms with Gasteiger partial charge in [-0.2, -0.15) is 0 Å². The lowest BCUT2D eigenvalue weighted by molar-refractivity contribution is 0.913. The minimum absolute atomic E-state index is 0.0507. The third-order valence-electron chi connectivity index (χ3n) is 4.93. The van der Waals surface area contributed by atoms with E-state index in [1.54, 1.807) is 0 Å². The van der Waals surface area contributed by atoms with Gasteiger partial charge >= 0.3 is 0 Å². The van der Waals surface area contributed by atoms with Crippen LogP contribution in [0, 0.1) is 0 Å². The maximum Gasteiger partial charge on any atom is 0.0447 e. The van der Waals surface area contributed by atoms with Gasteiger partial charge in [-0.3, -0.25) is 0 Å². The Bertz CT molecular complexity index is 864. The summed E-state index contributed by atoms with van der Waals surface area (Å²) in [5.74, 6) is 0.0507. The van der Waals surface area contributed by atoms with Gasteiger partial charge in [-0.1, -0.05) is 55.8 Å². The molecular formula is C23H25ClN2. The summed E-state index contributed by atoms with van der Waals surface area (Å²) in [6, 6.07) is 20.4. The second-order valence-electron chi connectivity index (χ2n) is 6.58. The van der Waals surface area contributed by atoms with Crippen LogP contribution in [0.15, 0.2) is 60.7 Å². The molecule has 0 spiro atoms. The molecular weight excluding hydrogens is 340 g/mol. The SMILES string of the molecule is CCc1cc(N)ccc1C(c1ccccc1Cl)c1ccc(N)cc1CC. The molecule has 0 fully saturated rings. The number of rotatable bonds is 5. The molecule has 0 aliphatic carbocycles. The second-order valence-corrected chi connectivity index (χ2v) is 6.99. The zero-order valence-corrected chi connectivity index (χ0v) is 16.1. The standard InChI is InChI=1S/C23H25ClN2/c1-3-15-13-17(25)9-11-19(15)23(21-7-5-6-8-22(21)24)20-12-10-18(26)14-16(20)4-2/h5-14,23H,3-4,25-26H2,1-2H3. The molecule has 0 aromatic heterocycles. The highest BCUT2D eigenvalue weighted by Crippen LogP contribution is 2.40. The van der Waals surface area contributed by atoms with Crippen LogP contribution in [0.4, 0.5) is 11.4 Å². The van der Waals surface area contributed by atoms with Gasteiger partial charge in [0.25, 0.3) is 0 Å². The van der Waals surface area contributed by atoms with Crippen LogP contribution >= 0.6 is 11.6 Å². The average Bonchev–Trinajstić information content (AvgIpc) is 2.65. The molecule has 0 saturated carbocycles. The quantitative estimate of drug-likeness (QED) is 0.443. The lowest BCUT2D eigenvalue weighted by Crippen LogP contribution is -2.10. The van der Waals surface area contributed by atoms with E-state index in [9.17, 15) is 0 Å². The minimum Gasteiger partial charge on any atom is -0.399 e. The number of hydrogen-bond acceptors (Lipinski definition) is 2. The Hall–Kier alpha value is -2.45. The lowest BCUT2D eigenvalue weighted by atomic mass is 9.79. The van der Waals surface area contributed by atoms with Crippen LogP contribution in [0.2, 0.25) is 5.02 Å². The Balaban J connectivity index is 2.30. The van der Waals surface area contributed by atoms with Crippen LogP contribution in [0.1, 0.15) is 47.6 Å². The fraction of sp³-hybridized carbons (Fsp3) is 0.217. The fourth-order valence-corrected chi connectivity index (χ4v) is 3.88. The molecule has 0 amide bonds. The molecule has 0 atom stereocenters. The van der Waals surface area contributed by atoms with Gasteiger partial charge < -0.3 is 11.5 Å². The first kappa shape index (κ1) is 18.3. The Morgan fingerprint density at radius 1 is 0.731 bits per heavy atom. The number of nitrogen functional groups attached to an aromatic ring is 2. The first-order valence-corrected chi connectivity index (χ1v) is 9.44. The van der Waals surface area contributed by atoms with E-state index in [-0.39, 0.29) is 5.92 Å². The van der Waals surface area contributed by atoms with Gasteiger partial charge in [0.05, 0.1) is 0 Å². The fourth-order valence-electron chi connectivity index (χ4n) is 3.64. The van der Waals surface area contributed by atoms with E-state index >= 15 is 0 Å². The summed E-state index contributed by atoms with van der Waals surface area (Å²) in [4.78, 5) is 0. The molecule has 0 radical (unpaired) electrons. The first-order chi connectivity index (χ1) is 12.5. The van der Waals surface area contributed by atoms with Gasteiger partial charge in [-0.15, -0.1) is 0 Å². The Morgan fingerprint density at radius 3 is 1.69 bits per heavy atom. The van der Waals surface area contributed by atoms with Crippen molar-refractivity contribution in [2.45, 2.75) is 32.6 Å². The smallest absolute Gasteiger partial charge is 0.0447 e. The zero-order valence-electron chi connectivity index (χ0n) is 15.3. The third-order valence-corrected chi connectivity index (χ3v) is 5.28. The number of aryl methyl sites for hydroxylation is 2. The van der Waals surface area contributed by atoms with Gasteiger partial charge in [0, 0.05) is 22.3 Å². The predicted octanol–water partition coefficient (Wildman–Crippen LogP) is 5.81. The van der Waals surface area contributed by atoms with E-state index < -0.39 is 0 Å². The largest absolute Gasteiger partial charge is 0.399 e. The maximum absolute atomic E-state index is 6.62. The highest BCUT2D eigenvalue weighted by atomic mass is 35.5. The van der Waals surface area contributed by atoms with E-state index in [0.29, 0.717) is 0 Å². The maximum atomic E-state index is 6.62. The molecule has 134 valence electrons. The number of halogens is 1. The molecule has 3 aromatic rings. The summed E-state index contributed by atoms with van der Waals surface area (Å²) in [7, 11) is 0. The molecule has 0 aliphatic heterocycles. The van der Waals surface area contributed by atoms with Crippen molar-refractivity contribution < 1.29 is 0 Å². The van der Waals surface area contributed by atoms with Crippen molar-refractivity contribution in [2.24, 2.45) is 0 Å². The Kier molecular flexibility index (Phi) is 5.53. The molecule has 0 aliphatic rings. The van der Waals surface area contributed by atoms with Crippen LogP contribution in [0.5, 0.6) is 0 Å². The summed E-state index contributed by atoms with van der Waals surface area (Å²) < 4.78 is 0. The van der Waals surface area contributed by atoms with Crippen LogP contribution in [-0.2, 0) is 12.8 Å². The van der Waals surface area contributed by atoms with E-state index in [0.717, 1.165) is 34.8 Å². The van der Waals surface area contributed by atoms with Crippen LogP contribution in [0.3, 0.4) is 0 Å². The van der Waals surface area contributed by atoms with Crippen molar-refractivity contribution in [1.82, 2.24) is 0 Å². The topological polar surface area (TPSA) is 52.0 Å². The van der Waals surface area contributed by atoms with Crippen LogP contribution in [-0.4, -0.2) is 0 Å². The molecule has 0 bridgehead atoms. The van der Waals surface area contributed by atoms with Crippen molar-refractivity contribution in [3.8, 4) is 0 Å². The summed E-state index contributed by atoms with van der Waals surface area (Å²) in [6.45, 7) is 4.32. The minimum atomic E-state index is 0.0507. The highest BCUT2D eigenvalue weighted by molar-refractivity contribution is 6.31. The molecule has 0 heterocycles. The predicted molar refractivity (Wildman–Crippen MR) is 113 cm³/mol.